The molecule has 3 heteroatoms. The van der Waals surface area contributed by atoms with E-state index < -0.39 is 0 Å². The molecule has 1 heterocycles. The summed E-state index contributed by atoms with van der Waals surface area (Å²) in [5, 5.41) is 3.75. The van der Waals surface area contributed by atoms with Gasteiger partial charge in [-0.3, -0.25) is 4.79 Å². The van der Waals surface area contributed by atoms with Crippen LogP contribution in [0, 0.1) is 0 Å². The van der Waals surface area contributed by atoms with Crippen molar-refractivity contribution >= 4 is 17.1 Å². The molecule has 0 spiro atoms. The van der Waals surface area contributed by atoms with E-state index in [0.29, 0.717) is 0 Å². The summed E-state index contributed by atoms with van der Waals surface area (Å²) in [6.45, 7) is 0. The molecule has 12 heavy (non-hydrogen) atoms. The van der Waals surface area contributed by atoms with Crippen LogP contribution in [-0.2, 0) is 0 Å². The van der Waals surface area contributed by atoms with Crippen LogP contribution in [0.5, 0.6) is 0 Å². The van der Waals surface area contributed by atoms with Crippen molar-refractivity contribution in [2.75, 3.05) is 14.1 Å². The average Bonchev–Trinajstić information content (AvgIpc) is 2.51. The number of carbonyl (C=O) groups is 1. The quantitative estimate of drug-likeness (QED) is 0.525. The fraction of sp³-hybridized carbons (Fsp3) is 0.222. The minimum atomic E-state index is 0.0601. The highest BCUT2D eigenvalue weighted by molar-refractivity contribution is 7.08. The lowest BCUT2D eigenvalue weighted by Gasteiger charge is -2.01. The Hall–Kier alpha value is -1.09. The van der Waals surface area contributed by atoms with Crippen molar-refractivity contribution < 1.29 is 4.79 Å². The molecule has 0 saturated carbocycles. The van der Waals surface area contributed by atoms with Crippen LogP contribution >= 0.6 is 11.3 Å². The van der Waals surface area contributed by atoms with Crippen molar-refractivity contribution in [1.29, 1.82) is 0 Å². The molecule has 0 saturated heterocycles. The molecule has 0 radical (unpaired) electrons. The largest absolute Gasteiger partial charge is 0.383 e. The van der Waals surface area contributed by atoms with Gasteiger partial charge >= 0.3 is 0 Å². The highest BCUT2D eigenvalue weighted by Crippen LogP contribution is 2.07. The fourth-order valence-corrected chi connectivity index (χ4v) is 1.36. The van der Waals surface area contributed by atoms with Gasteiger partial charge < -0.3 is 4.90 Å². The van der Waals surface area contributed by atoms with Gasteiger partial charge in [-0.1, -0.05) is 0 Å². The van der Waals surface area contributed by atoms with Gasteiger partial charge in [0.25, 0.3) is 0 Å². The second-order valence-electron chi connectivity index (χ2n) is 2.66. The molecular weight excluding hydrogens is 170 g/mol. The molecular formula is C9H11NOS. The number of rotatable bonds is 3. The zero-order chi connectivity index (χ0) is 8.97. The Kier molecular flexibility index (Phi) is 3.05. The third-order valence-corrected chi connectivity index (χ3v) is 2.01. The monoisotopic (exact) mass is 181 g/mol. The van der Waals surface area contributed by atoms with Gasteiger partial charge in [-0.15, -0.1) is 0 Å². The summed E-state index contributed by atoms with van der Waals surface area (Å²) in [6.07, 6.45) is 3.32. The summed E-state index contributed by atoms with van der Waals surface area (Å²) in [7, 11) is 3.77. The fourth-order valence-electron chi connectivity index (χ4n) is 0.718. The number of nitrogens with zero attached hydrogens (tertiary/aromatic N) is 1. The van der Waals surface area contributed by atoms with Crippen molar-refractivity contribution in [3.05, 3.63) is 34.7 Å². The number of carbonyl (C=O) groups excluding carboxylic acids is 1. The molecule has 0 N–H and O–H groups in total. The first-order valence-corrected chi connectivity index (χ1v) is 4.55. The maximum Gasteiger partial charge on any atom is 0.188 e. The second kappa shape index (κ2) is 4.07. The average molecular weight is 181 g/mol. The first kappa shape index (κ1) is 9.00. The van der Waals surface area contributed by atoms with Gasteiger partial charge in [-0.2, -0.15) is 11.3 Å². The SMILES string of the molecule is CN(C)C=CC(=O)c1ccsc1. The maximum atomic E-state index is 11.3. The Bertz CT molecular complexity index is 275. The summed E-state index contributed by atoms with van der Waals surface area (Å²) in [5.41, 5.74) is 0.762. The predicted octanol–water partition coefficient (Wildman–Crippen LogP) is 2.01. The summed E-state index contributed by atoms with van der Waals surface area (Å²) < 4.78 is 0. The molecule has 0 unspecified atom stereocenters. The van der Waals surface area contributed by atoms with Gasteiger partial charge in [0.2, 0.25) is 0 Å². The lowest BCUT2D eigenvalue weighted by molar-refractivity contribution is 0.104. The minimum Gasteiger partial charge on any atom is -0.383 e. The number of hydrogen-bond donors (Lipinski definition) is 0. The van der Waals surface area contributed by atoms with E-state index >= 15 is 0 Å². The number of thiophene rings is 1. The van der Waals surface area contributed by atoms with Crippen LogP contribution in [0.1, 0.15) is 10.4 Å². The second-order valence-corrected chi connectivity index (χ2v) is 3.44. The van der Waals surface area contributed by atoms with Gasteiger partial charge in [0, 0.05) is 37.3 Å². The van der Waals surface area contributed by atoms with Crippen LogP contribution in [-0.4, -0.2) is 24.8 Å². The molecule has 1 rings (SSSR count). The molecule has 0 aliphatic heterocycles. The van der Waals surface area contributed by atoms with E-state index in [9.17, 15) is 4.79 Å². The highest BCUT2D eigenvalue weighted by Gasteiger charge is 1.99. The van der Waals surface area contributed by atoms with Crippen molar-refractivity contribution in [2.24, 2.45) is 0 Å². The Morgan fingerprint density at radius 3 is 2.83 bits per heavy atom. The summed E-state index contributed by atoms with van der Waals surface area (Å²) >= 11 is 1.53. The van der Waals surface area contributed by atoms with Gasteiger partial charge in [-0.05, 0) is 11.4 Å². The van der Waals surface area contributed by atoms with Crippen molar-refractivity contribution in [3.8, 4) is 0 Å². The van der Waals surface area contributed by atoms with Gasteiger partial charge in [-0.25, -0.2) is 0 Å². The first-order chi connectivity index (χ1) is 5.70. The van der Waals surface area contributed by atoms with Crippen LogP contribution in [0.25, 0.3) is 0 Å². The van der Waals surface area contributed by atoms with E-state index in [-0.39, 0.29) is 5.78 Å². The lowest BCUT2D eigenvalue weighted by atomic mass is 10.2. The molecule has 0 aliphatic carbocycles. The molecule has 0 aromatic carbocycles. The van der Waals surface area contributed by atoms with Gasteiger partial charge in [0.1, 0.15) is 0 Å². The molecule has 1 aromatic heterocycles. The van der Waals surface area contributed by atoms with Crippen molar-refractivity contribution in [3.63, 3.8) is 0 Å². The molecule has 0 bridgehead atoms. The van der Waals surface area contributed by atoms with Crippen molar-refractivity contribution in [2.45, 2.75) is 0 Å². The predicted molar refractivity (Wildman–Crippen MR) is 51.5 cm³/mol. The Morgan fingerprint density at radius 2 is 2.33 bits per heavy atom. The Balaban J connectivity index is 2.62. The minimum absolute atomic E-state index is 0.0601. The topological polar surface area (TPSA) is 20.3 Å². The maximum absolute atomic E-state index is 11.3. The van der Waals surface area contributed by atoms with Gasteiger partial charge in [0.05, 0.1) is 0 Å². The van der Waals surface area contributed by atoms with E-state index in [4.69, 9.17) is 0 Å². The number of allylic oxidation sites excluding steroid dienone is 1. The number of hydrogen-bond acceptors (Lipinski definition) is 3. The third-order valence-electron chi connectivity index (χ3n) is 1.33. The zero-order valence-corrected chi connectivity index (χ0v) is 7.97. The molecule has 64 valence electrons. The standard InChI is InChI=1S/C9H11NOS/c1-10(2)5-3-9(11)8-4-6-12-7-8/h3-7H,1-2H3. The van der Waals surface area contributed by atoms with E-state index in [0.717, 1.165) is 5.56 Å². The first-order valence-electron chi connectivity index (χ1n) is 3.61. The summed E-state index contributed by atoms with van der Waals surface area (Å²) in [6, 6.07) is 1.83. The van der Waals surface area contributed by atoms with Gasteiger partial charge in [0.15, 0.2) is 5.78 Å². The van der Waals surface area contributed by atoms with Crippen LogP contribution in [0.4, 0.5) is 0 Å². The van der Waals surface area contributed by atoms with E-state index in [1.807, 2.05) is 35.8 Å². The lowest BCUT2D eigenvalue weighted by Crippen LogP contribution is -2.02. The summed E-state index contributed by atoms with van der Waals surface area (Å²) in [5.74, 6) is 0.0601. The molecule has 1 aromatic rings. The Labute approximate surface area is 76.1 Å². The number of ketones is 1. The third kappa shape index (κ3) is 2.51. The van der Waals surface area contributed by atoms with Crippen LogP contribution in [0.15, 0.2) is 29.1 Å². The molecule has 0 aliphatic rings. The smallest absolute Gasteiger partial charge is 0.188 e. The normalized spacial score (nSPS) is 10.5. The molecule has 2 nitrogen and oxygen atoms in total. The zero-order valence-electron chi connectivity index (χ0n) is 7.15. The van der Waals surface area contributed by atoms with Crippen molar-refractivity contribution in [1.82, 2.24) is 4.90 Å². The van der Waals surface area contributed by atoms with E-state index in [1.165, 1.54) is 11.3 Å². The van der Waals surface area contributed by atoms with Crippen LogP contribution in [0.3, 0.4) is 0 Å². The van der Waals surface area contributed by atoms with E-state index in [1.54, 1.807) is 12.3 Å². The Morgan fingerprint density at radius 1 is 1.58 bits per heavy atom. The molecule has 0 atom stereocenters. The highest BCUT2D eigenvalue weighted by atomic mass is 32.1. The van der Waals surface area contributed by atoms with E-state index in [2.05, 4.69) is 0 Å². The van der Waals surface area contributed by atoms with Crippen LogP contribution in [0.2, 0.25) is 0 Å². The molecule has 0 amide bonds. The molecule has 0 fully saturated rings. The summed E-state index contributed by atoms with van der Waals surface area (Å²) in [4.78, 5) is 13.1. The van der Waals surface area contributed by atoms with Crippen LogP contribution < -0.4 is 0 Å².